The van der Waals surface area contributed by atoms with Gasteiger partial charge in [0, 0.05) is 31.0 Å². The number of aliphatic carboxylic acids is 1. The first-order chi connectivity index (χ1) is 17.0. The molecule has 0 heterocycles. The van der Waals surface area contributed by atoms with Gasteiger partial charge in [-0.1, -0.05) is 48.5 Å². The second-order valence-electron chi connectivity index (χ2n) is 9.10. The lowest BCUT2D eigenvalue weighted by atomic mass is 9.98. The molecule has 2 aliphatic carbocycles. The normalized spacial score (nSPS) is 19.5. The number of benzene rings is 2. The summed E-state index contributed by atoms with van der Waals surface area (Å²) in [7, 11) is 0. The van der Waals surface area contributed by atoms with Crippen molar-refractivity contribution in [3.05, 3.63) is 59.7 Å². The van der Waals surface area contributed by atoms with E-state index in [1.165, 1.54) is 11.1 Å². The molecule has 1 unspecified atom stereocenters. The van der Waals surface area contributed by atoms with Crippen molar-refractivity contribution in [2.45, 2.75) is 50.7 Å². The van der Waals surface area contributed by atoms with Gasteiger partial charge in [-0.2, -0.15) is 0 Å². The highest BCUT2D eigenvalue weighted by atomic mass is 16.5. The lowest BCUT2D eigenvalue weighted by Gasteiger charge is -2.18. The number of fused-ring (bicyclic) bond motifs is 3. The lowest BCUT2D eigenvalue weighted by Crippen LogP contribution is -2.39. The molecule has 35 heavy (non-hydrogen) atoms. The van der Waals surface area contributed by atoms with Gasteiger partial charge < -0.3 is 25.2 Å². The average Bonchev–Trinajstić information content (AvgIpc) is 3.43. The Morgan fingerprint density at radius 2 is 1.69 bits per heavy atom. The summed E-state index contributed by atoms with van der Waals surface area (Å²) >= 11 is 0. The zero-order valence-corrected chi connectivity index (χ0v) is 19.9. The number of carboxylic acid groups (broad SMARTS) is 1. The molecule has 0 saturated heterocycles. The van der Waals surface area contributed by atoms with Crippen LogP contribution in [0.15, 0.2) is 48.5 Å². The Balaban J connectivity index is 1.24. The number of carbonyl (C=O) groups is 3. The maximum absolute atomic E-state index is 12.5. The summed E-state index contributed by atoms with van der Waals surface area (Å²) in [6.45, 7) is 2.56. The maximum Gasteiger partial charge on any atom is 0.407 e. The summed E-state index contributed by atoms with van der Waals surface area (Å²) < 4.78 is 11.0. The van der Waals surface area contributed by atoms with Crippen LogP contribution in [0.1, 0.15) is 49.7 Å². The predicted molar refractivity (Wildman–Crippen MR) is 130 cm³/mol. The molecule has 1 saturated carbocycles. The Kier molecular flexibility index (Phi) is 8.02. The van der Waals surface area contributed by atoms with Gasteiger partial charge in [0.1, 0.15) is 6.61 Å². The fourth-order valence-corrected chi connectivity index (χ4v) is 5.14. The van der Waals surface area contributed by atoms with Gasteiger partial charge in [0.05, 0.1) is 12.5 Å². The second-order valence-corrected chi connectivity index (χ2v) is 9.10. The molecular weight excluding hydrogens is 448 g/mol. The highest BCUT2D eigenvalue weighted by Gasteiger charge is 2.33. The highest BCUT2D eigenvalue weighted by Crippen LogP contribution is 2.44. The number of hydrogen-bond acceptors (Lipinski definition) is 5. The van der Waals surface area contributed by atoms with Crippen LogP contribution in [0.5, 0.6) is 0 Å². The summed E-state index contributed by atoms with van der Waals surface area (Å²) in [5, 5.41) is 14.7. The number of carbonyl (C=O) groups excluding carboxylic acids is 2. The van der Waals surface area contributed by atoms with E-state index < -0.39 is 18.2 Å². The number of ether oxygens (including phenoxy) is 2. The van der Waals surface area contributed by atoms with Gasteiger partial charge in [0.25, 0.3) is 0 Å². The molecule has 0 bridgehead atoms. The largest absolute Gasteiger partial charge is 0.481 e. The zero-order chi connectivity index (χ0) is 24.8. The number of hydrogen-bond donors (Lipinski definition) is 3. The van der Waals surface area contributed by atoms with Gasteiger partial charge in [-0.05, 0) is 48.4 Å². The molecule has 8 nitrogen and oxygen atoms in total. The minimum absolute atomic E-state index is 0.000609. The van der Waals surface area contributed by atoms with Gasteiger partial charge in [-0.3, -0.25) is 9.59 Å². The minimum atomic E-state index is -0.967. The highest BCUT2D eigenvalue weighted by molar-refractivity contribution is 5.80. The summed E-state index contributed by atoms with van der Waals surface area (Å²) in [6, 6.07) is 16.2. The first kappa shape index (κ1) is 24.7. The van der Waals surface area contributed by atoms with Crippen molar-refractivity contribution in [3.8, 4) is 11.1 Å². The maximum atomic E-state index is 12.5. The minimum Gasteiger partial charge on any atom is -0.481 e. The fourth-order valence-electron chi connectivity index (χ4n) is 5.14. The van der Waals surface area contributed by atoms with Crippen LogP contribution in [-0.4, -0.2) is 55.0 Å². The third kappa shape index (κ3) is 6.00. The number of nitrogens with one attached hydrogen (secondary N) is 2. The average molecular weight is 481 g/mol. The molecule has 0 spiro atoms. The van der Waals surface area contributed by atoms with Gasteiger partial charge in [0.2, 0.25) is 5.91 Å². The predicted octanol–water partition coefficient (Wildman–Crippen LogP) is 3.69. The van der Waals surface area contributed by atoms with E-state index in [4.69, 9.17) is 14.6 Å². The molecule has 0 radical (unpaired) electrons. The van der Waals surface area contributed by atoms with Crippen molar-refractivity contribution in [3.63, 3.8) is 0 Å². The van der Waals surface area contributed by atoms with Crippen molar-refractivity contribution in [2.75, 3.05) is 19.8 Å². The molecular formula is C27H32N2O6. The van der Waals surface area contributed by atoms with E-state index in [1.54, 1.807) is 6.92 Å². The van der Waals surface area contributed by atoms with Crippen molar-refractivity contribution >= 4 is 18.0 Å². The Hall–Kier alpha value is -3.39. The van der Waals surface area contributed by atoms with E-state index in [0.717, 1.165) is 11.1 Å². The molecule has 0 aliphatic heterocycles. The Morgan fingerprint density at radius 3 is 2.31 bits per heavy atom. The van der Waals surface area contributed by atoms with Crippen LogP contribution in [0.25, 0.3) is 11.1 Å². The van der Waals surface area contributed by atoms with E-state index in [2.05, 4.69) is 34.9 Å². The molecule has 3 N–H and O–H groups in total. The monoisotopic (exact) mass is 480 g/mol. The summed E-state index contributed by atoms with van der Waals surface area (Å²) in [5.41, 5.74) is 4.67. The van der Waals surface area contributed by atoms with Crippen molar-refractivity contribution in [2.24, 2.45) is 5.92 Å². The topological polar surface area (TPSA) is 114 Å². The SMILES string of the molecule is CCOC(CNC(=O)[C@H]1CC[C@@H](NC(=O)OCC2c3ccccc3-c3ccccc32)C1)CC(=O)O. The molecule has 2 amide bonds. The summed E-state index contributed by atoms with van der Waals surface area (Å²) in [4.78, 5) is 36.0. The molecule has 2 aromatic rings. The first-order valence-corrected chi connectivity index (χ1v) is 12.2. The molecule has 1 fully saturated rings. The lowest BCUT2D eigenvalue weighted by molar-refractivity contribution is -0.140. The van der Waals surface area contributed by atoms with E-state index in [0.29, 0.717) is 25.9 Å². The van der Waals surface area contributed by atoms with E-state index >= 15 is 0 Å². The Labute approximate surface area is 205 Å². The van der Waals surface area contributed by atoms with Gasteiger partial charge in [-0.15, -0.1) is 0 Å². The first-order valence-electron chi connectivity index (χ1n) is 12.2. The van der Waals surface area contributed by atoms with Crippen LogP contribution in [0.2, 0.25) is 0 Å². The van der Waals surface area contributed by atoms with Gasteiger partial charge in [0.15, 0.2) is 0 Å². The summed E-state index contributed by atoms with van der Waals surface area (Å²) in [5.74, 6) is -1.34. The second kappa shape index (κ2) is 11.4. The van der Waals surface area contributed by atoms with Crippen LogP contribution in [0.4, 0.5) is 4.79 Å². The molecule has 8 heteroatoms. The number of rotatable bonds is 10. The Bertz CT molecular complexity index is 1030. The third-order valence-corrected chi connectivity index (χ3v) is 6.78. The van der Waals surface area contributed by atoms with E-state index in [9.17, 15) is 14.4 Å². The molecule has 3 atom stereocenters. The van der Waals surface area contributed by atoms with Crippen molar-refractivity contribution in [1.82, 2.24) is 10.6 Å². The fraction of sp³-hybridized carbons (Fsp3) is 0.444. The van der Waals surface area contributed by atoms with E-state index in [-0.39, 0.29) is 43.4 Å². The Morgan fingerprint density at radius 1 is 1.03 bits per heavy atom. The van der Waals surface area contributed by atoms with Crippen molar-refractivity contribution < 1.29 is 29.0 Å². The van der Waals surface area contributed by atoms with Crippen LogP contribution in [-0.2, 0) is 19.1 Å². The van der Waals surface area contributed by atoms with Gasteiger partial charge >= 0.3 is 12.1 Å². The number of alkyl carbamates (subject to hydrolysis) is 1. The van der Waals surface area contributed by atoms with Gasteiger partial charge in [-0.25, -0.2) is 4.79 Å². The number of carboxylic acids is 1. The zero-order valence-electron chi connectivity index (χ0n) is 19.9. The molecule has 186 valence electrons. The van der Waals surface area contributed by atoms with E-state index in [1.807, 2.05) is 24.3 Å². The molecule has 2 aliphatic rings. The smallest absolute Gasteiger partial charge is 0.407 e. The van der Waals surface area contributed by atoms with Crippen LogP contribution < -0.4 is 10.6 Å². The molecule has 2 aromatic carbocycles. The third-order valence-electron chi connectivity index (χ3n) is 6.78. The quantitative estimate of drug-likeness (QED) is 0.478. The van der Waals surface area contributed by atoms with Crippen LogP contribution in [0, 0.1) is 5.92 Å². The van der Waals surface area contributed by atoms with Crippen molar-refractivity contribution in [1.29, 1.82) is 0 Å². The molecule has 4 rings (SSSR count). The number of amides is 2. The van der Waals surface area contributed by atoms with Crippen LogP contribution >= 0.6 is 0 Å². The molecule has 0 aromatic heterocycles. The summed E-state index contributed by atoms with van der Waals surface area (Å²) in [6.07, 6.45) is 0.664. The van der Waals surface area contributed by atoms with Crippen LogP contribution in [0.3, 0.4) is 0 Å². The standard InChI is InChI=1S/C27H32N2O6/c1-2-34-19(14-25(30)31)15-28-26(32)17-11-12-18(13-17)29-27(33)35-16-24-22-9-5-3-7-20(22)21-8-4-6-10-23(21)24/h3-10,17-19,24H,2,11-16H2,1H3,(H,28,32)(H,29,33)(H,30,31)/t17-,18+,19?/m0/s1.